The molecule has 0 aliphatic carbocycles. The van der Waals surface area contributed by atoms with Crippen LogP contribution >= 0.6 is 0 Å². The van der Waals surface area contributed by atoms with Crippen LogP contribution in [0.1, 0.15) is 137 Å². The third kappa shape index (κ3) is 20.0. The Balaban J connectivity index is 3.73. The molecule has 0 radical (unpaired) electrons. The van der Waals surface area contributed by atoms with Crippen molar-refractivity contribution in [2.75, 3.05) is 6.61 Å². The number of carbonyl (C=O) groups excluding carboxylic acids is 1. The molecule has 0 saturated carbocycles. The van der Waals surface area contributed by atoms with Crippen LogP contribution in [0.25, 0.3) is 0 Å². The van der Waals surface area contributed by atoms with E-state index in [0.717, 1.165) is 24.7 Å². The van der Waals surface area contributed by atoms with Crippen molar-refractivity contribution < 1.29 is 9.53 Å². The molecule has 0 aromatic rings. The second-order valence-electron chi connectivity index (χ2n) is 8.92. The highest BCUT2D eigenvalue weighted by Gasteiger charge is 2.10. The lowest BCUT2D eigenvalue weighted by molar-refractivity contribution is -0.144. The molecule has 0 rings (SSSR count). The first-order chi connectivity index (χ1) is 13.1. The van der Waals surface area contributed by atoms with Crippen LogP contribution in [0.2, 0.25) is 0 Å². The van der Waals surface area contributed by atoms with E-state index in [-0.39, 0.29) is 5.97 Å². The maximum Gasteiger partial charge on any atom is 0.305 e. The zero-order chi connectivity index (χ0) is 20.2. The summed E-state index contributed by atoms with van der Waals surface area (Å²) in [6.07, 6.45) is 21.0. The van der Waals surface area contributed by atoms with Gasteiger partial charge in [-0.2, -0.15) is 0 Å². The molecular weight excluding hydrogens is 332 g/mol. The van der Waals surface area contributed by atoms with E-state index in [1.165, 1.54) is 89.9 Å². The predicted octanol–water partition coefficient (Wildman–Crippen LogP) is 8.47. The molecule has 162 valence electrons. The fourth-order valence-electron chi connectivity index (χ4n) is 3.74. The van der Waals surface area contributed by atoms with Crippen LogP contribution in [-0.4, -0.2) is 12.6 Å². The third-order valence-corrected chi connectivity index (χ3v) is 5.63. The van der Waals surface area contributed by atoms with Gasteiger partial charge in [0, 0.05) is 6.42 Å². The normalized spacial score (nSPS) is 12.5. The summed E-state index contributed by atoms with van der Waals surface area (Å²) < 4.78 is 5.53. The largest absolute Gasteiger partial charge is 0.466 e. The van der Waals surface area contributed by atoms with Crippen LogP contribution < -0.4 is 0 Å². The van der Waals surface area contributed by atoms with Crippen LogP contribution in [0, 0.1) is 11.8 Å². The molecule has 27 heavy (non-hydrogen) atoms. The Labute approximate surface area is 171 Å². The predicted molar refractivity (Wildman–Crippen MR) is 119 cm³/mol. The fourth-order valence-corrected chi connectivity index (χ4v) is 3.74. The molecule has 0 N–H and O–H groups in total. The lowest BCUT2D eigenvalue weighted by atomic mass is 9.92. The molecule has 2 nitrogen and oxygen atoms in total. The lowest BCUT2D eigenvalue weighted by Gasteiger charge is -2.17. The van der Waals surface area contributed by atoms with Crippen molar-refractivity contribution in [2.45, 2.75) is 137 Å². The van der Waals surface area contributed by atoms with Gasteiger partial charge < -0.3 is 4.74 Å². The van der Waals surface area contributed by atoms with Gasteiger partial charge in [0.15, 0.2) is 0 Å². The average Bonchev–Trinajstić information content (AvgIpc) is 2.64. The topological polar surface area (TPSA) is 26.3 Å². The van der Waals surface area contributed by atoms with Crippen LogP contribution in [-0.2, 0) is 9.53 Å². The molecule has 2 heteroatoms. The molecule has 1 unspecified atom stereocenters. The minimum absolute atomic E-state index is 0.0236. The van der Waals surface area contributed by atoms with E-state index in [1.807, 2.05) is 0 Å². The Morgan fingerprint density at radius 3 is 1.85 bits per heavy atom. The minimum atomic E-state index is 0.0236. The van der Waals surface area contributed by atoms with Crippen molar-refractivity contribution in [3.63, 3.8) is 0 Å². The van der Waals surface area contributed by atoms with Gasteiger partial charge in [-0.3, -0.25) is 4.79 Å². The second kappa shape index (κ2) is 20.2. The number of rotatable bonds is 20. The number of hydrogen-bond acceptors (Lipinski definition) is 2. The summed E-state index contributed by atoms with van der Waals surface area (Å²) in [5.41, 5.74) is 0. The number of carbonyl (C=O) groups is 1. The first-order valence-corrected chi connectivity index (χ1v) is 12.3. The Kier molecular flexibility index (Phi) is 19.8. The smallest absolute Gasteiger partial charge is 0.305 e. The Bertz CT molecular complexity index is 311. The second-order valence-corrected chi connectivity index (χ2v) is 8.92. The highest BCUT2D eigenvalue weighted by Crippen LogP contribution is 2.21. The van der Waals surface area contributed by atoms with Crippen molar-refractivity contribution in [3.8, 4) is 0 Å². The van der Waals surface area contributed by atoms with Gasteiger partial charge >= 0.3 is 5.97 Å². The Morgan fingerprint density at radius 1 is 0.667 bits per heavy atom. The molecule has 0 heterocycles. The van der Waals surface area contributed by atoms with Gasteiger partial charge in [0.1, 0.15) is 0 Å². The van der Waals surface area contributed by atoms with Gasteiger partial charge in [0.05, 0.1) is 6.61 Å². The van der Waals surface area contributed by atoms with Crippen LogP contribution in [0.5, 0.6) is 0 Å². The van der Waals surface area contributed by atoms with Crippen molar-refractivity contribution >= 4 is 5.97 Å². The standard InChI is InChI=1S/C25H50O2/c1-5-7-9-15-19-24(18-13-8-6-2)21-22-27-25(26)20-16-12-10-11-14-17-23(3)4/h23-24H,5-22H2,1-4H3. The summed E-state index contributed by atoms with van der Waals surface area (Å²) in [5, 5.41) is 0. The van der Waals surface area contributed by atoms with Gasteiger partial charge in [0.2, 0.25) is 0 Å². The Hall–Kier alpha value is -0.530. The van der Waals surface area contributed by atoms with Crippen molar-refractivity contribution in [3.05, 3.63) is 0 Å². The summed E-state index contributed by atoms with van der Waals surface area (Å²) in [5.74, 6) is 1.59. The first-order valence-electron chi connectivity index (χ1n) is 12.3. The summed E-state index contributed by atoms with van der Waals surface area (Å²) in [6.45, 7) is 9.75. The molecule has 0 aromatic carbocycles. The van der Waals surface area contributed by atoms with E-state index >= 15 is 0 Å². The number of unbranched alkanes of at least 4 members (excludes halogenated alkanes) is 9. The molecule has 0 amide bonds. The first kappa shape index (κ1) is 26.5. The molecule has 1 atom stereocenters. The maximum atomic E-state index is 11.9. The lowest BCUT2D eigenvalue weighted by Crippen LogP contribution is -2.10. The summed E-state index contributed by atoms with van der Waals surface area (Å²) in [4.78, 5) is 11.9. The van der Waals surface area contributed by atoms with E-state index in [2.05, 4.69) is 27.7 Å². The van der Waals surface area contributed by atoms with E-state index in [4.69, 9.17) is 4.74 Å². The molecule has 0 aliphatic rings. The monoisotopic (exact) mass is 382 g/mol. The highest BCUT2D eigenvalue weighted by molar-refractivity contribution is 5.69. The van der Waals surface area contributed by atoms with Crippen molar-refractivity contribution in [1.29, 1.82) is 0 Å². The van der Waals surface area contributed by atoms with Gasteiger partial charge in [-0.05, 0) is 24.7 Å². The fraction of sp³-hybridized carbons (Fsp3) is 0.960. The zero-order valence-corrected chi connectivity index (χ0v) is 19.2. The molecule has 0 saturated heterocycles. The number of ether oxygens (including phenoxy) is 1. The summed E-state index contributed by atoms with van der Waals surface area (Å²) in [6, 6.07) is 0. The highest BCUT2D eigenvalue weighted by atomic mass is 16.5. The van der Waals surface area contributed by atoms with E-state index < -0.39 is 0 Å². The third-order valence-electron chi connectivity index (χ3n) is 5.63. The zero-order valence-electron chi connectivity index (χ0n) is 19.2. The molecule has 0 aliphatic heterocycles. The molecule has 0 aromatic heterocycles. The van der Waals surface area contributed by atoms with Crippen LogP contribution in [0.4, 0.5) is 0 Å². The van der Waals surface area contributed by atoms with Gasteiger partial charge in [0.25, 0.3) is 0 Å². The quantitative estimate of drug-likeness (QED) is 0.156. The minimum Gasteiger partial charge on any atom is -0.466 e. The molecular formula is C25H50O2. The van der Waals surface area contributed by atoms with E-state index in [0.29, 0.717) is 13.0 Å². The molecule has 0 fully saturated rings. The van der Waals surface area contributed by atoms with Gasteiger partial charge in [-0.25, -0.2) is 0 Å². The van der Waals surface area contributed by atoms with Crippen LogP contribution in [0.3, 0.4) is 0 Å². The summed E-state index contributed by atoms with van der Waals surface area (Å²) >= 11 is 0. The maximum absolute atomic E-state index is 11.9. The van der Waals surface area contributed by atoms with Crippen LogP contribution in [0.15, 0.2) is 0 Å². The van der Waals surface area contributed by atoms with Gasteiger partial charge in [-0.1, -0.05) is 118 Å². The average molecular weight is 383 g/mol. The van der Waals surface area contributed by atoms with Gasteiger partial charge in [-0.15, -0.1) is 0 Å². The molecule has 0 bridgehead atoms. The number of hydrogen-bond donors (Lipinski definition) is 0. The SMILES string of the molecule is CCCCCCC(CCCCC)CCOC(=O)CCCCCCCC(C)C. The number of esters is 1. The van der Waals surface area contributed by atoms with E-state index in [9.17, 15) is 4.79 Å². The van der Waals surface area contributed by atoms with Crippen molar-refractivity contribution in [2.24, 2.45) is 11.8 Å². The van der Waals surface area contributed by atoms with E-state index in [1.54, 1.807) is 0 Å². The summed E-state index contributed by atoms with van der Waals surface area (Å²) in [7, 11) is 0. The van der Waals surface area contributed by atoms with Crippen molar-refractivity contribution in [1.82, 2.24) is 0 Å². The Morgan fingerprint density at radius 2 is 1.19 bits per heavy atom. The molecule has 0 spiro atoms.